The molecule has 0 aliphatic carbocycles. The van der Waals surface area contributed by atoms with Gasteiger partial charge >= 0.3 is 5.97 Å². The van der Waals surface area contributed by atoms with Crippen LogP contribution in [0, 0.1) is 12.8 Å². The van der Waals surface area contributed by atoms with Gasteiger partial charge in [-0.05, 0) is 19.8 Å². The molecule has 2 heterocycles. The lowest BCUT2D eigenvalue weighted by atomic mass is 9.99. The van der Waals surface area contributed by atoms with E-state index in [-0.39, 0.29) is 19.6 Å². The summed E-state index contributed by atoms with van der Waals surface area (Å²) in [6.45, 7) is 2.50. The van der Waals surface area contributed by atoms with E-state index in [2.05, 4.69) is 9.71 Å². The van der Waals surface area contributed by atoms with Crippen molar-refractivity contribution in [2.75, 3.05) is 13.1 Å². The summed E-state index contributed by atoms with van der Waals surface area (Å²) in [4.78, 5) is 15.0. The molecule has 20 heavy (non-hydrogen) atoms. The predicted molar refractivity (Wildman–Crippen MR) is 74.5 cm³/mol. The van der Waals surface area contributed by atoms with Crippen molar-refractivity contribution in [2.24, 2.45) is 5.92 Å². The molecule has 7 nitrogen and oxygen atoms in total. The van der Waals surface area contributed by atoms with Crippen LogP contribution in [0.1, 0.15) is 23.5 Å². The Morgan fingerprint density at radius 2 is 2.20 bits per heavy atom. The molecule has 2 rings (SSSR count). The van der Waals surface area contributed by atoms with Crippen LogP contribution in [0.4, 0.5) is 0 Å². The van der Waals surface area contributed by atoms with Crippen molar-refractivity contribution >= 4 is 27.5 Å². The number of carboxylic acid groups (broad SMARTS) is 1. The van der Waals surface area contributed by atoms with E-state index in [1.165, 1.54) is 15.6 Å². The predicted octanol–water partition coefficient (Wildman–Crippen LogP) is 0.583. The smallest absolute Gasteiger partial charge is 0.306 e. The topological polar surface area (TPSA) is 99.6 Å². The number of rotatable bonds is 5. The number of nitrogens with zero attached hydrogens (tertiary/aromatic N) is 2. The van der Waals surface area contributed by atoms with E-state index >= 15 is 0 Å². The van der Waals surface area contributed by atoms with Crippen molar-refractivity contribution in [1.29, 1.82) is 0 Å². The van der Waals surface area contributed by atoms with Crippen molar-refractivity contribution in [3.8, 4) is 0 Å². The van der Waals surface area contributed by atoms with Crippen LogP contribution in [-0.2, 0) is 21.5 Å². The average Bonchev–Trinajstić information content (AvgIpc) is 2.82. The van der Waals surface area contributed by atoms with Crippen LogP contribution < -0.4 is 4.72 Å². The first-order valence-corrected chi connectivity index (χ1v) is 8.59. The highest BCUT2D eigenvalue weighted by Gasteiger charge is 2.30. The third-order valence-electron chi connectivity index (χ3n) is 3.25. The number of hydrogen-bond acceptors (Lipinski definition) is 5. The summed E-state index contributed by atoms with van der Waals surface area (Å²) in [5.41, 5.74) is 0.691. The zero-order valence-electron chi connectivity index (χ0n) is 11.1. The Balaban J connectivity index is 1.89. The van der Waals surface area contributed by atoms with Gasteiger partial charge in [-0.2, -0.15) is 17.4 Å². The summed E-state index contributed by atoms with van der Waals surface area (Å²) in [6, 6.07) is 0. The van der Waals surface area contributed by atoms with Crippen LogP contribution in [0.15, 0.2) is 5.38 Å². The number of nitrogens with one attached hydrogen (secondary N) is 1. The maximum absolute atomic E-state index is 12.1. The Kier molecular flexibility index (Phi) is 4.74. The number of aliphatic carboxylic acids is 1. The van der Waals surface area contributed by atoms with Gasteiger partial charge in [0, 0.05) is 18.5 Å². The fourth-order valence-corrected chi connectivity index (χ4v) is 3.91. The summed E-state index contributed by atoms with van der Waals surface area (Å²) < 4.78 is 28.0. The van der Waals surface area contributed by atoms with Gasteiger partial charge in [0.25, 0.3) is 10.2 Å². The third kappa shape index (κ3) is 3.75. The molecule has 0 bridgehead atoms. The number of aromatic nitrogens is 1. The molecule has 0 saturated carbocycles. The molecule has 0 atom stereocenters. The summed E-state index contributed by atoms with van der Waals surface area (Å²) >= 11 is 1.47. The van der Waals surface area contributed by atoms with Crippen LogP contribution in [0.25, 0.3) is 0 Å². The van der Waals surface area contributed by atoms with Crippen LogP contribution >= 0.6 is 11.3 Å². The standard InChI is InChI=1S/C11H17N3O4S2/c1-8-13-10(7-19-8)6-12-20(17,18)14-4-2-9(3-5-14)11(15)16/h7,9,12H,2-6H2,1H3,(H,15,16). The van der Waals surface area contributed by atoms with Gasteiger partial charge in [-0.15, -0.1) is 11.3 Å². The second kappa shape index (κ2) is 6.17. The molecule has 0 aromatic carbocycles. The third-order valence-corrected chi connectivity index (χ3v) is 5.62. The summed E-state index contributed by atoms with van der Waals surface area (Å²) in [5, 5.41) is 11.6. The second-order valence-corrected chi connectivity index (χ2v) is 7.51. The molecule has 1 fully saturated rings. The molecule has 112 valence electrons. The van der Waals surface area contributed by atoms with E-state index in [1.807, 2.05) is 12.3 Å². The van der Waals surface area contributed by atoms with E-state index in [1.54, 1.807) is 0 Å². The molecule has 0 radical (unpaired) electrons. The molecule has 9 heteroatoms. The van der Waals surface area contributed by atoms with Crippen molar-refractivity contribution in [2.45, 2.75) is 26.3 Å². The average molecular weight is 319 g/mol. The van der Waals surface area contributed by atoms with Gasteiger partial charge in [-0.3, -0.25) is 4.79 Å². The SMILES string of the molecule is Cc1nc(CNS(=O)(=O)N2CCC(C(=O)O)CC2)cs1. The quantitative estimate of drug-likeness (QED) is 0.827. The lowest BCUT2D eigenvalue weighted by molar-refractivity contribution is -0.142. The highest BCUT2D eigenvalue weighted by molar-refractivity contribution is 7.87. The van der Waals surface area contributed by atoms with E-state index in [4.69, 9.17) is 5.11 Å². The molecule has 1 aromatic rings. The Bertz CT molecular complexity index is 576. The molecule has 2 N–H and O–H groups in total. The molecule has 0 unspecified atom stereocenters. The number of aryl methyl sites for hydroxylation is 1. The van der Waals surface area contributed by atoms with Gasteiger partial charge in [0.05, 0.1) is 23.2 Å². The monoisotopic (exact) mass is 319 g/mol. The fourth-order valence-electron chi connectivity index (χ4n) is 2.09. The Labute approximate surface area is 121 Å². The van der Waals surface area contributed by atoms with Crippen LogP contribution in [0.2, 0.25) is 0 Å². The van der Waals surface area contributed by atoms with Gasteiger partial charge < -0.3 is 5.11 Å². The first kappa shape index (κ1) is 15.4. The molecule has 0 spiro atoms. The minimum absolute atomic E-state index is 0.158. The molecule has 1 aromatic heterocycles. The molecule has 1 aliphatic heterocycles. The summed E-state index contributed by atoms with van der Waals surface area (Å²) in [5.74, 6) is -1.30. The van der Waals surface area contributed by atoms with E-state index in [0.717, 1.165) is 5.01 Å². The van der Waals surface area contributed by atoms with Crippen molar-refractivity contribution in [3.05, 3.63) is 16.1 Å². The number of carbonyl (C=O) groups is 1. The van der Waals surface area contributed by atoms with Crippen LogP contribution in [0.5, 0.6) is 0 Å². The molecule has 0 amide bonds. The van der Waals surface area contributed by atoms with Crippen molar-refractivity contribution < 1.29 is 18.3 Å². The minimum Gasteiger partial charge on any atom is -0.481 e. The Morgan fingerprint density at radius 3 is 2.70 bits per heavy atom. The van der Waals surface area contributed by atoms with Gasteiger partial charge in [-0.1, -0.05) is 0 Å². The minimum atomic E-state index is -3.57. The summed E-state index contributed by atoms with van der Waals surface area (Å²) in [7, 11) is -3.57. The Morgan fingerprint density at radius 1 is 1.55 bits per heavy atom. The maximum Gasteiger partial charge on any atom is 0.306 e. The maximum atomic E-state index is 12.1. The highest BCUT2D eigenvalue weighted by Crippen LogP contribution is 2.19. The first-order chi connectivity index (χ1) is 9.38. The number of thiazole rings is 1. The number of carboxylic acids is 1. The highest BCUT2D eigenvalue weighted by atomic mass is 32.2. The van der Waals surface area contributed by atoms with E-state index in [0.29, 0.717) is 18.5 Å². The van der Waals surface area contributed by atoms with Crippen LogP contribution in [-0.4, -0.2) is 41.9 Å². The van der Waals surface area contributed by atoms with E-state index < -0.39 is 22.1 Å². The van der Waals surface area contributed by atoms with Crippen LogP contribution in [0.3, 0.4) is 0 Å². The molecular weight excluding hydrogens is 302 g/mol. The molecular formula is C11H17N3O4S2. The fraction of sp³-hybridized carbons (Fsp3) is 0.636. The van der Waals surface area contributed by atoms with Gasteiger partial charge in [0.2, 0.25) is 0 Å². The molecule has 1 aliphatic rings. The second-order valence-electron chi connectivity index (χ2n) is 4.70. The summed E-state index contributed by atoms with van der Waals surface area (Å²) in [6.07, 6.45) is 0.706. The lowest BCUT2D eigenvalue weighted by Crippen LogP contribution is -2.45. The lowest BCUT2D eigenvalue weighted by Gasteiger charge is -2.29. The zero-order chi connectivity index (χ0) is 14.8. The number of piperidine rings is 1. The Hall–Kier alpha value is -1.03. The van der Waals surface area contributed by atoms with Crippen molar-refractivity contribution in [3.63, 3.8) is 0 Å². The van der Waals surface area contributed by atoms with Gasteiger partial charge in [0.15, 0.2) is 0 Å². The normalized spacial score (nSPS) is 18.2. The largest absolute Gasteiger partial charge is 0.481 e. The van der Waals surface area contributed by atoms with Gasteiger partial charge in [-0.25, -0.2) is 4.98 Å². The molecule has 1 saturated heterocycles. The van der Waals surface area contributed by atoms with Gasteiger partial charge in [0.1, 0.15) is 0 Å². The van der Waals surface area contributed by atoms with Crippen molar-refractivity contribution in [1.82, 2.24) is 14.0 Å². The first-order valence-electron chi connectivity index (χ1n) is 6.27. The zero-order valence-corrected chi connectivity index (χ0v) is 12.7. The number of hydrogen-bond donors (Lipinski definition) is 2. The van der Waals surface area contributed by atoms with E-state index in [9.17, 15) is 13.2 Å².